The van der Waals surface area contributed by atoms with Gasteiger partial charge in [-0.05, 0) is 38.1 Å². The van der Waals surface area contributed by atoms with E-state index < -0.39 is 27.2 Å². The second-order valence-corrected chi connectivity index (χ2v) is 8.72. The maximum absolute atomic E-state index is 13.4. The van der Waals surface area contributed by atoms with E-state index >= 15 is 0 Å². The summed E-state index contributed by atoms with van der Waals surface area (Å²) in [5.41, 5.74) is -0.454. The summed E-state index contributed by atoms with van der Waals surface area (Å²) in [6.45, 7) is 2.88. The first-order valence-corrected chi connectivity index (χ1v) is 10.00. The van der Waals surface area contributed by atoms with E-state index in [0.717, 1.165) is 9.87 Å². The third-order valence-electron chi connectivity index (χ3n) is 4.92. The summed E-state index contributed by atoms with van der Waals surface area (Å²) in [6.07, 6.45) is 0. The van der Waals surface area contributed by atoms with Crippen LogP contribution in [-0.4, -0.2) is 40.9 Å². The van der Waals surface area contributed by atoms with Gasteiger partial charge in [0.15, 0.2) is 5.78 Å². The molecule has 3 rings (SSSR count). The fraction of sp³-hybridized carbons (Fsp3) is 0.300. The summed E-state index contributed by atoms with van der Waals surface area (Å²) in [5.74, 6) is -0.882. The SMILES string of the molecule is COC(=O)[C@]1(C)CN(S(=O)(=O)c2ccc(C)cc2)c2cc(OC)ccc2C1=O. The summed E-state index contributed by atoms with van der Waals surface area (Å²) < 4.78 is 37.8. The normalized spacial score (nSPS) is 19.1. The molecule has 0 amide bonds. The fourth-order valence-corrected chi connectivity index (χ4v) is 4.79. The number of nitrogens with zero attached hydrogens (tertiary/aromatic N) is 1. The van der Waals surface area contributed by atoms with Crippen LogP contribution in [0.1, 0.15) is 22.8 Å². The maximum Gasteiger partial charge on any atom is 0.321 e. The van der Waals surface area contributed by atoms with E-state index in [-0.39, 0.29) is 22.7 Å². The molecule has 2 aromatic carbocycles. The molecule has 1 atom stereocenters. The third kappa shape index (κ3) is 3.03. The molecule has 2 aromatic rings. The summed E-state index contributed by atoms with van der Waals surface area (Å²) >= 11 is 0. The Morgan fingerprint density at radius 3 is 2.32 bits per heavy atom. The van der Waals surface area contributed by atoms with Crippen LogP contribution in [0.2, 0.25) is 0 Å². The number of benzene rings is 2. The third-order valence-corrected chi connectivity index (χ3v) is 6.70. The Bertz CT molecular complexity index is 1040. The summed E-state index contributed by atoms with van der Waals surface area (Å²) in [5, 5.41) is 0. The van der Waals surface area contributed by atoms with Crippen molar-refractivity contribution in [3.63, 3.8) is 0 Å². The average molecular weight is 403 g/mol. The van der Waals surface area contributed by atoms with E-state index in [0.29, 0.717) is 5.75 Å². The van der Waals surface area contributed by atoms with Gasteiger partial charge in [0.25, 0.3) is 10.0 Å². The minimum Gasteiger partial charge on any atom is -0.497 e. The standard InChI is InChI=1S/C20H21NO6S/c1-13-5-8-15(9-6-13)28(24,25)21-12-20(2,19(23)27-4)18(22)16-10-7-14(26-3)11-17(16)21/h5-11H,12H2,1-4H3/t20-/m1/s1. The molecular weight excluding hydrogens is 382 g/mol. The Morgan fingerprint density at radius 2 is 1.75 bits per heavy atom. The summed E-state index contributed by atoms with van der Waals surface area (Å²) in [6, 6.07) is 10.9. The van der Waals surface area contributed by atoms with Gasteiger partial charge in [-0.1, -0.05) is 17.7 Å². The van der Waals surface area contributed by atoms with Gasteiger partial charge in [-0.15, -0.1) is 0 Å². The van der Waals surface area contributed by atoms with Gasteiger partial charge in [0.05, 0.1) is 31.3 Å². The van der Waals surface area contributed by atoms with Crippen molar-refractivity contribution in [2.24, 2.45) is 5.41 Å². The van der Waals surface area contributed by atoms with E-state index in [1.807, 2.05) is 6.92 Å². The zero-order valence-electron chi connectivity index (χ0n) is 16.1. The van der Waals surface area contributed by atoms with E-state index in [1.165, 1.54) is 45.4 Å². The number of ether oxygens (including phenoxy) is 2. The van der Waals surface area contributed by atoms with Crippen molar-refractivity contribution in [1.82, 2.24) is 0 Å². The van der Waals surface area contributed by atoms with Crippen molar-refractivity contribution >= 4 is 27.5 Å². The molecular formula is C20H21NO6S. The van der Waals surface area contributed by atoms with Gasteiger partial charge in [0, 0.05) is 11.6 Å². The van der Waals surface area contributed by atoms with Crippen LogP contribution in [0.25, 0.3) is 0 Å². The Labute approximate surface area is 163 Å². The van der Waals surface area contributed by atoms with E-state index in [4.69, 9.17) is 9.47 Å². The van der Waals surface area contributed by atoms with Crippen molar-refractivity contribution in [1.29, 1.82) is 0 Å². The number of fused-ring (bicyclic) bond motifs is 1. The lowest BCUT2D eigenvalue weighted by Gasteiger charge is -2.38. The van der Waals surface area contributed by atoms with Crippen LogP contribution in [0.3, 0.4) is 0 Å². The van der Waals surface area contributed by atoms with Gasteiger partial charge in [-0.25, -0.2) is 8.42 Å². The number of ketones is 1. The zero-order chi connectivity index (χ0) is 20.7. The monoisotopic (exact) mass is 403 g/mol. The number of rotatable bonds is 4. The number of carbonyl (C=O) groups is 2. The molecule has 0 unspecified atom stereocenters. The molecule has 0 spiro atoms. The summed E-state index contributed by atoms with van der Waals surface area (Å²) in [4.78, 5) is 25.5. The highest BCUT2D eigenvalue weighted by molar-refractivity contribution is 7.92. The van der Waals surface area contributed by atoms with Gasteiger partial charge in [-0.2, -0.15) is 0 Å². The quantitative estimate of drug-likeness (QED) is 0.576. The van der Waals surface area contributed by atoms with Crippen LogP contribution >= 0.6 is 0 Å². The van der Waals surface area contributed by atoms with E-state index in [1.54, 1.807) is 18.2 Å². The second-order valence-electron chi connectivity index (χ2n) is 6.86. The van der Waals surface area contributed by atoms with E-state index in [9.17, 15) is 18.0 Å². The molecule has 0 saturated heterocycles. The molecule has 0 radical (unpaired) electrons. The van der Waals surface area contributed by atoms with Crippen LogP contribution in [0, 0.1) is 12.3 Å². The van der Waals surface area contributed by atoms with Crippen molar-refractivity contribution in [2.45, 2.75) is 18.7 Å². The first kappa shape index (κ1) is 19.9. The molecule has 0 aliphatic carbocycles. The first-order valence-electron chi connectivity index (χ1n) is 8.56. The van der Waals surface area contributed by atoms with Crippen molar-refractivity contribution in [3.8, 4) is 5.75 Å². The molecule has 1 heterocycles. The molecule has 0 bridgehead atoms. The van der Waals surface area contributed by atoms with Crippen molar-refractivity contribution in [2.75, 3.05) is 25.1 Å². The molecule has 0 fully saturated rings. The highest BCUT2D eigenvalue weighted by atomic mass is 32.2. The lowest BCUT2D eigenvalue weighted by atomic mass is 9.79. The Kier molecular flexibility index (Phi) is 4.93. The van der Waals surface area contributed by atoms with Crippen LogP contribution in [0.4, 0.5) is 5.69 Å². The highest BCUT2D eigenvalue weighted by Crippen LogP contribution is 2.41. The number of methoxy groups -OCH3 is 2. The van der Waals surface area contributed by atoms with Crippen LogP contribution < -0.4 is 9.04 Å². The van der Waals surface area contributed by atoms with Crippen molar-refractivity contribution in [3.05, 3.63) is 53.6 Å². The minimum atomic E-state index is -4.04. The zero-order valence-corrected chi connectivity index (χ0v) is 16.9. The molecule has 8 heteroatoms. The Balaban J connectivity index is 2.24. The van der Waals surface area contributed by atoms with Crippen LogP contribution in [-0.2, 0) is 19.6 Å². The molecule has 0 saturated carbocycles. The molecule has 1 aliphatic heterocycles. The molecule has 1 aliphatic rings. The number of sulfonamides is 1. The molecule has 148 valence electrons. The molecule has 28 heavy (non-hydrogen) atoms. The van der Waals surface area contributed by atoms with Crippen molar-refractivity contribution < 1.29 is 27.5 Å². The van der Waals surface area contributed by atoms with E-state index in [2.05, 4.69) is 0 Å². The maximum atomic E-state index is 13.4. The largest absolute Gasteiger partial charge is 0.497 e. The van der Waals surface area contributed by atoms with Gasteiger partial charge in [0.1, 0.15) is 11.2 Å². The Hall–Kier alpha value is -2.87. The predicted molar refractivity (Wildman–Crippen MR) is 103 cm³/mol. The average Bonchev–Trinajstić information content (AvgIpc) is 2.69. The predicted octanol–water partition coefficient (Wildman–Crippen LogP) is 2.57. The van der Waals surface area contributed by atoms with Crippen LogP contribution in [0.5, 0.6) is 5.75 Å². The first-order chi connectivity index (χ1) is 13.1. The number of aryl methyl sites for hydroxylation is 1. The Morgan fingerprint density at radius 1 is 1.11 bits per heavy atom. The smallest absolute Gasteiger partial charge is 0.321 e. The fourth-order valence-electron chi connectivity index (χ4n) is 3.21. The lowest BCUT2D eigenvalue weighted by molar-refractivity contribution is -0.148. The van der Waals surface area contributed by atoms with Gasteiger partial charge in [0.2, 0.25) is 0 Å². The molecule has 7 nitrogen and oxygen atoms in total. The highest BCUT2D eigenvalue weighted by Gasteiger charge is 2.51. The minimum absolute atomic E-state index is 0.0634. The number of anilines is 1. The molecule has 0 aromatic heterocycles. The summed E-state index contributed by atoms with van der Waals surface area (Å²) in [7, 11) is -1.42. The van der Waals surface area contributed by atoms with Gasteiger partial charge < -0.3 is 9.47 Å². The van der Waals surface area contributed by atoms with Gasteiger partial charge >= 0.3 is 5.97 Å². The molecule has 0 N–H and O–H groups in total. The van der Waals surface area contributed by atoms with Crippen LogP contribution in [0.15, 0.2) is 47.4 Å². The lowest BCUT2D eigenvalue weighted by Crippen LogP contribution is -2.53. The number of hydrogen-bond donors (Lipinski definition) is 0. The second kappa shape index (κ2) is 6.94. The topological polar surface area (TPSA) is 90.0 Å². The number of hydrogen-bond acceptors (Lipinski definition) is 6. The number of Topliss-reactive ketones (excluding diaryl/α,β-unsaturated/α-hetero) is 1. The number of carbonyl (C=O) groups excluding carboxylic acids is 2. The number of esters is 1. The van der Waals surface area contributed by atoms with Gasteiger partial charge in [-0.3, -0.25) is 13.9 Å².